The van der Waals surface area contributed by atoms with Crippen molar-refractivity contribution in [2.75, 3.05) is 19.8 Å². The number of nitrogens with one attached hydrogen (secondary N) is 2. The lowest BCUT2D eigenvalue weighted by Gasteiger charge is -2.67. The Labute approximate surface area is 409 Å². The Balaban J connectivity index is 1.38. The Morgan fingerprint density at radius 1 is 0.901 bits per heavy atom. The normalized spacial score (nSPS) is 30.3. The third-order valence-electron chi connectivity index (χ3n) is 14.8. The van der Waals surface area contributed by atoms with Crippen molar-refractivity contribution in [3.8, 4) is 0 Å². The molecule has 1 saturated heterocycles. The molecule has 19 heteroatoms. The minimum absolute atomic E-state index is 0.0273. The molecule has 3 aromatic carbocycles. The molecule has 13 atom stereocenters. The molecule has 2 saturated carbocycles. The number of ketones is 1. The van der Waals surface area contributed by atoms with E-state index in [1.807, 2.05) is 0 Å². The van der Waals surface area contributed by atoms with Crippen molar-refractivity contribution in [3.05, 3.63) is 131 Å². The molecule has 3 aliphatic carbocycles. The number of benzene rings is 3. The number of alkyl carbamates (subject to hydrolysis) is 1. The number of rotatable bonds is 15. The Hall–Kier alpha value is -6.32. The molecule has 4 aliphatic rings. The lowest BCUT2D eigenvalue weighted by Crippen LogP contribution is -2.82. The van der Waals surface area contributed by atoms with Crippen LogP contribution in [0, 0.1) is 16.7 Å². The third kappa shape index (κ3) is 9.74. The van der Waals surface area contributed by atoms with E-state index in [2.05, 4.69) is 10.6 Å². The summed E-state index contributed by atoms with van der Waals surface area (Å²) in [7, 11) is 0. The van der Waals surface area contributed by atoms with Crippen LogP contribution in [0.25, 0.3) is 0 Å². The minimum Gasteiger partial charge on any atom is -0.456 e. The summed E-state index contributed by atoms with van der Waals surface area (Å²) < 4.78 is 30.7. The number of esters is 3. The maximum Gasteiger partial charge on any atom is 0.408 e. The van der Waals surface area contributed by atoms with E-state index in [0.717, 1.165) is 6.92 Å². The van der Waals surface area contributed by atoms with Crippen molar-refractivity contribution in [3.63, 3.8) is 0 Å². The molecule has 7 rings (SSSR count). The van der Waals surface area contributed by atoms with Crippen molar-refractivity contribution in [2.45, 2.75) is 113 Å². The molecule has 19 nitrogen and oxygen atoms in total. The van der Waals surface area contributed by atoms with E-state index in [9.17, 15) is 49.5 Å². The van der Waals surface area contributed by atoms with Gasteiger partial charge in [0.05, 0.1) is 54.4 Å². The quantitative estimate of drug-likeness (QED) is 0.0615. The van der Waals surface area contributed by atoms with Gasteiger partial charge in [-0.15, -0.1) is 0 Å². The van der Waals surface area contributed by atoms with Gasteiger partial charge in [0.2, 0.25) is 0 Å². The van der Waals surface area contributed by atoms with Crippen LogP contribution in [0.2, 0.25) is 0 Å². The summed E-state index contributed by atoms with van der Waals surface area (Å²) in [6, 6.07) is 21.6. The maximum absolute atomic E-state index is 15.9. The van der Waals surface area contributed by atoms with E-state index in [1.165, 1.54) is 52.0 Å². The van der Waals surface area contributed by atoms with Crippen LogP contribution in [0.3, 0.4) is 0 Å². The molecule has 71 heavy (non-hydrogen) atoms. The summed E-state index contributed by atoms with van der Waals surface area (Å²) in [5, 5.41) is 62.8. The van der Waals surface area contributed by atoms with Gasteiger partial charge in [-0.2, -0.15) is 0 Å². The van der Waals surface area contributed by atoms with E-state index >= 15 is 4.79 Å². The molecule has 2 amide bonds. The summed E-state index contributed by atoms with van der Waals surface area (Å²) >= 11 is 0. The largest absolute Gasteiger partial charge is 0.456 e. The van der Waals surface area contributed by atoms with E-state index < -0.39 is 131 Å². The van der Waals surface area contributed by atoms with Crippen LogP contribution < -0.4 is 16.4 Å². The molecule has 9 N–H and O–H groups in total. The third-order valence-corrected chi connectivity index (χ3v) is 14.8. The lowest BCUT2D eigenvalue weighted by atomic mass is 9.44. The molecule has 2 bridgehead atoms. The fraction of sp³-hybridized carbons (Fsp3) is 0.462. The number of fused-ring (bicyclic) bond motifs is 5. The van der Waals surface area contributed by atoms with E-state index in [4.69, 9.17) is 29.4 Å². The monoisotopic (exact) mass is 983 g/mol. The van der Waals surface area contributed by atoms with Gasteiger partial charge in [-0.25, -0.2) is 14.4 Å². The predicted octanol–water partition coefficient (Wildman–Crippen LogP) is 2.14. The Bertz CT molecular complexity index is 2540. The second kappa shape index (κ2) is 20.8. The molecular weight excluding hydrogens is 923 g/mol. The van der Waals surface area contributed by atoms with Gasteiger partial charge in [0.15, 0.2) is 23.6 Å². The number of carbonyl (C=O) groups excluding carboxylic acids is 6. The van der Waals surface area contributed by atoms with Gasteiger partial charge in [0, 0.05) is 37.3 Å². The first-order valence-electron chi connectivity index (χ1n) is 23.3. The van der Waals surface area contributed by atoms with Crippen molar-refractivity contribution in [2.24, 2.45) is 22.5 Å². The fourth-order valence-corrected chi connectivity index (χ4v) is 10.8. The molecule has 3 aromatic rings. The second-order valence-corrected chi connectivity index (χ2v) is 19.3. The van der Waals surface area contributed by atoms with Crippen LogP contribution in [0.15, 0.2) is 114 Å². The van der Waals surface area contributed by atoms with Crippen molar-refractivity contribution in [1.82, 2.24) is 10.6 Å². The molecule has 1 heterocycles. The van der Waals surface area contributed by atoms with E-state index in [1.54, 1.807) is 78.9 Å². The van der Waals surface area contributed by atoms with Crippen LogP contribution in [0.1, 0.15) is 79.8 Å². The van der Waals surface area contributed by atoms with Crippen molar-refractivity contribution in [1.29, 1.82) is 0 Å². The fourth-order valence-electron chi connectivity index (χ4n) is 10.8. The second-order valence-electron chi connectivity index (χ2n) is 19.3. The standard InChI is InChI=1S/C52H61N3O16/c1-28-35(68-47(64)40(60)39(30-16-9-6-10-17-30)55-45(62)31-18-11-7-12-19-31)25-52(66)44(70-46(63)32-20-13-8-14-21-32)42-50(5,36(59)24-37-51(42,27-67-37)71-29(2)57)43(61)41(38(28)49(52,3)4)69-48(65)54-23-15-22-34(58)33(53)26-56/h6-22,33-37,39-42,44,56,58-60,66H,23-27,53H2,1-5H3,(H,54,65)(H,55,62)/t33-,34+,35-,36-,37?,39-,40+,41+,42-,44-,50?,51-,52+/m0/s1. The number of carbonyl (C=O) groups is 6. The molecule has 2 unspecified atom stereocenters. The summed E-state index contributed by atoms with van der Waals surface area (Å²) in [4.78, 5) is 85.5. The zero-order valence-electron chi connectivity index (χ0n) is 39.9. The average Bonchev–Trinajstić information content (AvgIpc) is 3.35. The van der Waals surface area contributed by atoms with Crippen LogP contribution in [0.4, 0.5) is 4.79 Å². The first kappa shape index (κ1) is 52.5. The predicted molar refractivity (Wildman–Crippen MR) is 251 cm³/mol. The number of nitrogens with two attached hydrogens (primary N) is 1. The lowest BCUT2D eigenvalue weighted by molar-refractivity contribution is -0.345. The highest BCUT2D eigenvalue weighted by Crippen LogP contribution is 2.64. The van der Waals surface area contributed by atoms with Crippen LogP contribution in [0.5, 0.6) is 0 Å². The average molecular weight is 984 g/mol. The van der Waals surface area contributed by atoms with Gasteiger partial charge < -0.3 is 65.6 Å². The number of ether oxygens (including phenoxy) is 5. The zero-order valence-corrected chi connectivity index (χ0v) is 39.9. The topological polar surface area (TPSA) is 300 Å². The molecule has 0 aromatic heterocycles. The van der Waals surface area contributed by atoms with E-state index in [0.29, 0.717) is 5.56 Å². The Morgan fingerprint density at radius 2 is 1.51 bits per heavy atom. The number of aliphatic hydroxyl groups excluding tert-OH is 4. The summed E-state index contributed by atoms with van der Waals surface area (Å²) in [5.41, 5.74) is -2.09. The molecule has 0 spiro atoms. The maximum atomic E-state index is 15.9. The Kier molecular flexibility index (Phi) is 15.4. The van der Waals surface area contributed by atoms with Crippen LogP contribution in [-0.4, -0.2) is 141 Å². The number of aliphatic hydroxyl groups is 5. The number of Topliss-reactive ketones (excluding diaryl/α,β-unsaturated/α-hetero) is 1. The molecule has 380 valence electrons. The smallest absolute Gasteiger partial charge is 0.408 e. The minimum atomic E-state index is -2.50. The van der Waals surface area contributed by atoms with Gasteiger partial charge in [-0.1, -0.05) is 92.7 Å². The SMILES string of the molecule is CC(=O)O[C@@]12COC1C[C@H](O)C1(C)C(=O)[C@H](OC(=O)NCC=C[C@@H](O)[C@@H](N)CO)C3=C(C)[C@@H](OC(=O)[C@H](O)[C@@H](NC(=O)c4ccccc4)c4ccccc4)C[C@@](O)([C@@H](OC(=O)c4ccccc4)[C@@H]12)C3(C)C. The highest BCUT2D eigenvalue weighted by molar-refractivity contribution is 5.96. The highest BCUT2D eigenvalue weighted by Gasteiger charge is 2.78. The molecule has 0 radical (unpaired) electrons. The molecule has 1 aliphatic heterocycles. The van der Waals surface area contributed by atoms with Gasteiger partial charge in [-0.05, 0) is 54.8 Å². The summed E-state index contributed by atoms with van der Waals surface area (Å²) in [6.45, 7) is 5.79. The number of hydrogen-bond acceptors (Lipinski definition) is 17. The zero-order chi connectivity index (χ0) is 51.6. The molecule has 3 fully saturated rings. The summed E-state index contributed by atoms with van der Waals surface area (Å²) in [6.07, 6.45) is -11.2. The molecular formula is C52H61N3O16. The van der Waals surface area contributed by atoms with Crippen LogP contribution in [-0.2, 0) is 38.1 Å². The van der Waals surface area contributed by atoms with Gasteiger partial charge in [-0.3, -0.25) is 14.4 Å². The number of hydrogen-bond donors (Lipinski definition) is 8. The van der Waals surface area contributed by atoms with Crippen LogP contribution >= 0.6 is 0 Å². The first-order valence-corrected chi connectivity index (χ1v) is 23.3. The van der Waals surface area contributed by atoms with E-state index in [-0.39, 0.29) is 41.8 Å². The summed E-state index contributed by atoms with van der Waals surface area (Å²) in [5.74, 6) is -6.34. The highest BCUT2D eigenvalue weighted by atomic mass is 16.6. The number of amides is 2. The van der Waals surface area contributed by atoms with Gasteiger partial charge in [0.1, 0.15) is 23.9 Å². The van der Waals surface area contributed by atoms with Crippen molar-refractivity contribution >= 4 is 35.7 Å². The first-order chi connectivity index (χ1) is 33.6. The van der Waals surface area contributed by atoms with Gasteiger partial charge in [0.25, 0.3) is 5.91 Å². The Morgan fingerprint density at radius 3 is 2.08 bits per heavy atom. The van der Waals surface area contributed by atoms with Gasteiger partial charge >= 0.3 is 24.0 Å². The van der Waals surface area contributed by atoms with Crippen molar-refractivity contribution < 1.29 is 78.0 Å².